The van der Waals surface area contributed by atoms with Crippen molar-refractivity contribution in [3.8, 4) is 5.75 Å². The lowest BCUT2D eigenvalue weighted by atomic mass is 9.96. The van der Waals surface area contributed by atoms with Gasteiger partial charge in [-0.1, -0.05) is 47.5 Å². The molecule has 1 aromatic heterocycles. The zero-order chi connectivity index (χ0) is 23.0. The number of halogens is 2. The molecule has 2 heterocycles. The maximum absolute atomic E-state index is 13.2. The van der Waals surface area contributed by atoms with Gasteiger partial charge in [-0.05, 0) is 42.3 Å². The van der Waals surface area contributed by atoms with E-state index in [9.17, 15) is 14.7 Å². The van der Waals surface area contributed by atoms with Gasteiger partial charge in [-0.25, -0.2) is 0 Å². The number of aryl methyl sites for hydroxylation is 1. The van der Waals surface area contributed by atoms with Gasteiger partial charge in [-0.15, -0.1) is 0 Å². The van der Waals surface area contributed by atoms with Gasteiger partial charge in [0.25, 0.3) is 11.7 Å². The largest absolute Gasteiger partial charge is 0.507 e. The molecular weight excluding hydrogens is 451 g/mol. The first kappa shape index (κ1) is 21.9. The monoisotopic (exact) mass is 468 g/mol. The molecule has 162 valence electrons. The Balaban J connectivity index is 1.97. The highest BCUT2D eigenvalue weighted by Crippen LogP contribution is 2.44. The number of ether oxygens (including phenoxy) is 1. The van der Waals surface area contributed by atoms with Crippen LogP contribution in [0.15, 0.2) is 66.5 Å². The molecule has 1 amide bonds. The molecule has 8 heteroatoms. The number of hydrogen-bond donors (Lipinski definition) is 1. The molecule has 1 aliphatic rings. The topological polar surface area (TPSA) is 79.7 Å². The molecule has 0 spiro atoms. The number of benzene rings is 2. The number of Topliss-reactive ketones (excluding diaryl/α,β-unsaturated/α-hetero) is 1. The summed E-state index contributed by atoms with van der Waals surface area (Å²) in [4.78, 5) is 31.8. The Morgan fingerprint density at radius 3 is 2.38 bits per heavy atom. The first-order valence-electron chi connectivity index (χ1n) is 9.65. The van der Waals surface area contributed by atoms with E-state index in [2.05, 4.69) is 4.98 Å². The first-order valence-corrected chi connectivity index (χ1v) is 10.4. The number of carbonyl (C=O) groups is 2. The van der Waals surface area contributed by atoms with Crippen LogP contribution < -0.4 is 9.64 Å². The minimum Gasteiger partial charge on any atom is -0.507 e. The van der Waals surface area contributed by atoms with Crippen molar-refractivity contribution in [3.05, 3.63) is 93.2 Å². The molecule has 6 nitrogen and oxygen atoms in total. The summed E-state index contributed by atoms with van der Waals surface area (Å²) in [6.07, 6.45) is 3.15. The second kappa shape index (κ2) is 8.65. The van der Waals surface area contributed by atoms with E-state index in [-0.39, 0.29) is 32.7 Å². The smallest absolute Gasteiger partial charge is 0.300 e. The Morgan fingerprint density at radius 2 is 1.78 bits per heavy atom. The number of aliphatic hydroxyl groups excluding tert-OH is 1. The molecule has 1 fully saturated rings. The van der Waals surface area contributed by atoms with Crippen molar-refractivity contribution < 1.29 is 19.4 Å². The van der Waals surface area contributed by atoms with Crippen LogP contribution in [0.5, 0.6) is 5.75 Å². The van der Waals surface area contributed by atoms with Crippen LogP contribution in [0.3, 0.4) is 0 Å². The quantitative estimate of drug-likeness (QED) is 0.317. The predicted octanol–water partition coefficient (Wildman–Crippen LogP) is 5.33. The van der Waals surface area contributed by atoms with Gasteiger partial charge in [0, 0.05) is 23.6 Å². The van der Waals surface area contributed by atoms with Crippen LogP contribution in [0.25, 0.3) is 5.76 Å². The molecule has 1 atom stereocenters. The Bertz CT molecular complexity index is 1230. The first-order chi connectivity index (χ1) is 15.3. The van der Waals surface area contributed by atoms with Crippen LogP contribution in [-0.4, -0.2) is 28.9 Å². The number of para-hydroxylation sites is 1. The van der Waals surface area contributed by atoms with Crippen LogP contribution >= 0.6 is 23.2 Å². The zero-order valence-electron chi connectivity index (χ0n) is 17.2. The number of methoxy groups -OCH3 is 1. The second-order valence-electron chi connectivity index (χ2n) is 7.22. The molecule has 4 rings (SSSR count). The van der Waals surface area contributed by atoms with Crippen molar-refractivity contribution in [3.63, 3.8) is 0 Å². The number of carbonyl (C=O) groups excluding carboxylic acids is 2. The molecule has 1 unspecified atom stereocenters. The maximum Gasteiger partial charge on any atom is 0.300 e. The van der Waals surface area contributed by atoms with Crippen LogP contribution in [0, 0.1) is 6.92 Å². The van der Waals surface area contributed by atoms with E-state index in [0.29, 0.717) is 11.3 Å². The fourth-order valence-corrected chi connectivity index (χ4v) is 4.46. The SMILES string of the molecule is COc1c(Cl)cc(/C(O)=C2\C(=O)C(=O)N(c3ccccc3C)C2c2cccnc2)cc1Cl. The number of nitrogens with zero attached hydrogens (tertiary/aromatic N) is 2. The minimum atomic E-state index is -0.885. The number of aliphatic hydroxyl groups is 1. The van der Waals surface area contributed by atoms with Crippen LogP contribution in [-0.2, 0) is 9.59 Å². The molecule has 2 aromatic carbocycles. The Labute approximate surface area is 194 Å². The summed E-state index contributed by atoms with van der Waals surface area (Å²) in [6, 6.07) is 12.7. The fourth-order valence-electron chi connectivity index (χ4n) is 3.81. The zero-order valence-corrected chi connectivity index (χ0v) is 18.7. The molecule has 32 heavy (non-hydrogen) atoms. The van der Waals surface area contributed by atoms with Crippen molar-refractivity contribution >= 4 is 46.3 Å². The van der Waals surface area contributed by atoms with E-state index in [1.165, 1.54) is 24.1 Å². The highest BCUT2D eigenvalue weighted by Gasteiger charge is 2.47. The number of rotatable bonds is 4. The summed E-state index contributed by atoms with van der Waals surface area (Å²) in [5.41, 5.74) is 2.05. The fraction of sp³-hybridized carbons (Fsp3) is 0.125. The van der Waals surface area contributed by atoms with Gasteiger partial charge in [-0.2, -0.15) is 0 Å². The molecule has 0 saturated carbocycles. The number of pyridine rings is 1. The Morgan fingerprint density at radius 1 is 1.09 bits per heavy atom. The summed E-state index contributed by atoms with van der Waals surface area (Å²) < 4.78 is 5.15. The normalized spacial score (nSPS) is 17.6. The molecular formula is C24H18Cl2N2O4. The summed E-state index contributed by atoms with van der Waals surface area (Å²) in [7, 11) is 1.42. The van der Waals surface area contributed by atoms with Gasteiger partial charge in [0.15, 0.2) is 5.75 Å². The number of aromatic nitrogens is 1. The number of amides is 1. The maximum atomic E-state index is 13.2. The van der Waals surface area contributed by atoms with Crippen molar-refractivity contribution in [2.75, 3.05) is 12.0 Å². The van der Waals surface area contributed by atoms with Crippen LogP contribution in [0.4, 0.5) is 5.69 Å². The van der Waals surface area contributed by atoms with E-state index in [1.807, 2.05) is 19.1 Å². The highest BCUT2D eigenvalue weighted by molar-refractivity contribution is 6.52. The second-order valence-corrected chi connectivity index (χ2v) is 8.03. The Hall–Kier alpha value is -3.35. The number of anilines is 1. The predicted molar refractivity (Wildman–Crippen MR) is 123 cm³/mol. The molecule has 1 N–H and O–H groups in total. The molecule has 0 aliphatic carbocycles. The average Bonchev–Trinajstić information content (AvgIpc) is 3.04. The van der Waals surface area contributed by atoms with Crippen molar-refractivity contribution in [1.29, 1.82) is 0 Å². The van der Waals surface area contributed by atoms with E-state index in [4.69, 9.17) is 27.9 Å². The van der Waals surface area contributed by atoms with Gasteiger partial charge in [0.1, 0.15) is 5.76 Å². The van der Waals surface area contributed by atoms with Crippen molar-refractivity contribution in [1.82, 2.24) is 4.98 Å². The third kappa shape index (κ3) is 3.61. The average molecular weight is 469 g/mol. The lowest BCUT2D eigenvalue weighted by molar-refractivity contribution is -0.132. The lowest BCUT2D eigenvalue weighted by Crippen LogP contribution is -2.30. The van der Waals surface area contributed by atoms with Crippen LogP contribution in [0.1, 0.15) is 22.7 Å². The Kier molecular flexibility index (Phi) is 5.91. The van der Waals surface area contributed by atoms with Gasteiger partial charge in [0.05, 0.1) is 28.8 Å². The summed E-state index contributed by atoms with van der Waals surface area (Å²) in [5.74, 6) is -1.71. The van der Waals surface area contributed by atoms with E-state index in [0.717, 1.165) is 5.56 Å². The van der Waals surface area contributed by atoms with Crippen molar-refractivity contribution in [2.24, 2.45) is 0 Å². The van der Waals surface area contributed by atoms with Crippen molar-refractivity contribution in [2.45, 2.75) is 13.0 Å². The van der Waals surface area contributed by atoms with Gasteiger partial charge >= 0.3 is 0 Å². The number of ketones is 1. The molecule has 0 bridgehead atoms. The molecule has 1 saturated heterocycles. The third-order valence-electron chi connectivity index (χ3n) is 5.30. The summed E-state index contributed by atoms with van der Waals surface area (Å²) in [6.45, 7) is 1.85. The lowest BCUT2D eigenvalue weighted by Gasteiger charge is -2.26. The minimum absolute atomic E-state index is 0.0800. The molecule has 1 aliphatic heterocycles. The third-order valence-corrected chi connectivity index (χ3v) is 5.86. The van der Waals surface area contributed by atoms with Gasteiger partial charge in [0.2, 0.25) is 0 Å². The number of hydrogen-bond acceptors (Lipinski definition) is 5. The van der Waals surface area contributed by atoms with Crippen LogP contribution in [0.2, 0.25) is 10.0 Å². The standard InChI is InChI=1S/C24H18Cl2N2O4/c1-13-6-3-4-8-18(13)28-20(14-7-5-9-27-12-14)19(22(30)24(28)31)21(29)15-10-16(25)23(32-2)17(26)11-15/h3-12,20,29H,1-2H3/b21-19+. The van der Waals surface area contributed by atoms with E-state index in [1.54, 1.807) is 36.7 Å². The van der Waals surface area contributed by atoms with Gasteiger partial charge in [-0.3, -0.25) is 19.5 Å². The molecule has 3 aromatic rings. The van der Waals surface area contributed by atoms with E-state index < -0.39 is 17.7 Å². The van der Waals surface area contributed by atoms with Gasteiger partial charge < -0.3 is 9.84 Å². The summed E-state index contributed by atoms with van der Waals surface area (Å²) >= 11 is 12.5. The van der Waals surface area contributed by atoms with E-state index >= 15 is 0 Å². The molecule has 0 radical (unpaired) electrons. The summed E-state index contributed by atoms with van der Waals surface area (Å²) in [5, 5.41) is 11.5. The highest BCUT2D eigenvalue weighted by atomic mass is 35.5.